The van der Waals surface area contributed by atoms with E-state index in [0.29, 0.717) is 11.3 Å². The number of hydrogen-bond donors (Lipinski definition) is 3. The Bertz CT molecular complexity index is 930. The summed E-state index contributed by atoms with van der Waals surface area (Å²) in [6, 6.07) is 11.3. The Labute approximate surface area is 172 Å². The second kappa shape index (κ2) is 9.70. The molecule has 0 unspecified atom stereocenters. The van der Waals surface area contributed by atoms with Gasteiger partial charge in [0, 0.05) is 11.3 Å². The minimum atomic E-state index is -1.11. The number of rotatable bonds is 7. The van der Waals surface area contributed by atoms with Gasteiger partial charge in [0.1, 0.15) is 6.04 Å². The van der Waals surface area contributed by atoms with E-state index >= 15 is 0 Å². The van der Waals surface area contributed by atoms with E-state index in [1.807, 2.05) is 0 Å². The van der Waals surface area contributed by atoms with Crippen molar-refractivity contribution >= 4 is 41.0 Å². The van der Waals surface area contributed by atoms with Gasteiger partial charge in [0.15, 0.2) is 6.10 Å². The molecule has 0 saturated heterocycles. The van der Waals surface area contributed by atoms with E-state index in [9.17, 15) is 19.2 Å². The van der Waals surface area contributed by atoms with E-state index < -0.39 is 35.8 Å². The Morgan fingerprint density at radius 2 is 1.62 bits per heavy atom. The van der Waals surface area contributed by atoms with Crippen molar-refractivity contribution in [3.05, 3.63) is 64.7 Å². The molecule has 3 amide bonds. The number of amides is 3. The van der Waals surface area contributed by atoms with Crippen molar-refractivity contribution in [1.29, 1.82) is 0 Å². The van der Waals surface area contributed by atoms with E-state index in [-0.39, 0.29) is 10.6 Å². The minimum Gasteiger partial charge on any atom is -0.451 e. The largest absolute Gasteiger partial charge is 0.451 e. The average molecular weight is 418 g/mol. The molecule has 4 N–H and O–H groups in total. The van der Waals surface area contributed by atoms with Gasteiger partial charge >= 0.3 is 5.97 Å². The number of nitrogens with one attached hydrogen (secondary N) is 2. The molecule has 9 heteroatoms. The summed E-state index contributed by atoms with van der Waals surface area (Å²) in [5.74, 6) is -2.48. The number of nitrogens with two attached hydrogens (primary N) is 1. The summed E-state index contributed by atoms with van der Waals surface area (Å²) in [7, 11) is 0. The first-order valence-electron chi connectivity index (χ1n) is 8.65. The number of halogens is 1. The zero-order chi connectivity index (χ0) is 21.6. The number of anilines is 1. The number of carbonyl (C=O) groups excluding carboxylic acids is 4. The van der Waals surface area contributed by atoms with E-state index in [2.05, 4.69) is 10.6 Å². The van der Waals surface area contributed by atoms with E-state index in [1.165, 1.54) is 44.2 Å². The van der Waals surface area contributed by atoms with Gasteiger partial charge in [0.25, 0.3) is 11.8 Å². The van der Waals surface area contributed by atoms with Crippen LogP contribution in [-0.2, 0) is 14.3 Å². The molecule has 2 rings (SSSR count). The van der Waals surface area contributed by atoms with Crippen LogP contribution in [0.25, 0.3) is 0 Å². The van der Waals surface area contributed by atoms with Crippen LogP contribution in [-0.4, -0.2) is 35.8 Å². The fourth-order valence-corrected chi connectivity index (χ4v) is 2.49. The zero-order valence-corrected chi connectivity index (χ0v) is 16.5. The molecule has 0 saturated carbocycles. The van der Waals surface area contributed by atoms with Gasteiger partial charge in [-0.3, -0.25) is 14.4 Å². The summed E-state index contributed by atoms with van der Waals surface area (Å²) in [4.78, 5) is 47.6. The predicted molar refractivity (Wildman–Crippen MR) is 108 cm³/mol. The zero-order valence-electron chi connectivity index (χ0n) is 15.8. The van der Waals surface area contributed by atoms with Crippen LogP contribution in [0.1, 0.15) is 34.6 Å². The highest BCUT2D eigenvalue weighted by atomic mass is 35.5. The van der Waals surface area contributed by atoms with E-state index in [1.54, 1.807) is 18.2 Å². The van der Waals surface area contributed by atoms with Crippen molar-refractivity contribution in [2.75, 3.05) is 5.32 Å². The number of esters is 1. The molecule has 0 fully saturated rings. The Morgan fingerprint density at radius 1 is 1.00 bits per heavy atom. The predicted octanol–water partition coefficient (Wildman–Crippen LogP) is 2.13. The minimum absolute atomic E-state index is 0.221. The first-order valence-corrected chi connectivity index (χ1v) is 9.03. The molecular weight excluding hydrogens is 398 g/mol. The normalized spacial score (nSPS) is 12.4. The summed E-state index contributed by atoms with van der Waals surface area (Å²) < 4.78 is 5.10. The van der Waals surface area contributed by atoms with Crippen LogP contribution in [0.15, 0.2) is 48.5 Å². The maximum absolute atomic E-state index is 12.2. The van der Waals surface area contributed by atoms with Crippen LogP contribution < -0.4 is 16.4 Å². The first kappa shape index (κ1) is 21.9. The van der Waals surface area contributed by atoms with Gasteiger partial charge in [-0.05, 0) is 50.2 Å². The van der Waals surface area contributed by atoms with Gasteiger partial charge in [0.05, 0.1) is 10.6 Å². The lowest BCUT2D eigenvalue weighted by Gasteiger charge is -2.18. The number of benzene rings is 2. The third-order valence-electron chi connectivity index (χ3n) is 3.92. The molecule has 0 aliphatic heterocycles. The summed E-state index contributed by atoms with van der Waals surface area (Å²) in [6.07, 6.45) is -1.11. The summed E-state index contributed by atoms with van der Waals surface area (Å²) >= 11 is 5.96. The van der Waals surface area contributed by atoms with E-state index in [4.69, 9.17) is 22.1 Å². The number of carbonyl (C=O) groups is 4. The molecule has 2 atom stereocenters. The molecule has 29 heavy (non-hydrogen) atoms. The van der Waals surface area contributed by atoms with Crippen molar-refractivity contribution in [2.45, 2.75) is 26.0 Å². The third-order valence-corrected chi connectivity index (χ3v) is 4.25. The maximum Gasteiger partial charge on any atom is 0.329 e. The van der Waals surface area contributed by atoms with Crippen molar-refractivity contribution < 1.29 is 23.9 Å². The molecular formula is C20H20ClN3O5. The Balaban J connectivity index is 1.89. The third kappa shape index (κ3) is 6.05. The first-order chi connectivity index (χ1) is 13.7. The second-order valence-corrected chi connectivity index (χ2v) is 6.59. The number of ether oxygens (including phenoxy) is 1. The summed E-state index contributed by atoms with van der Waals surface area (Å²) in [6.45, 7) is 2.83. The lowest BCUT2D eigenvalue weighted by atomic mass is 10.2. The molecule has 0 aromatic heterocycles. The fraction of sp³-hybridized carbons (Fsp3) is 0.200. The van der Waals surface area contributed by atoms with Gasteiger partial charge in [-0.1, -0.05) is 23.7 Å². The van der Waals surface area contributed by atoms with Crippen molar-refractivity contribution in [3.63, 3.8) is 0 Å². The Kier molecular flexibility index (Phi) is 7.33. The molecule has 8 nitrogen and oxygen atoms in total. The van der Waals surface area contributed by atoms with E-state index in [0.717, 1.165) is 0 Å². The molecule has 0 bridgehead atoms. The SMILES string of the molecule is C[C@H](NC(=O)c1ccccc1Cl)C(=O)O[C@H](C)C(=O)Nc1ccc(C(N)=O)cc1. The topological polar surface area (TPSA) is 128 Å². The Hall–Kier alpha value is -3.39. The molecule has 0 spiro atoms. The molecule has 2 aromatic carbocycles. The quantitative estimate of drug-likeness (QED) is 0.594. The van der Waals surface area contributed by atoms with Gasteiger partial charge in [0.2, 0.25) is 5.91 Å². The van der Waals surface area contributed by atoms with Crippen molar-refractivity contribution in [3.8, 4) is 0 Å². The van der Waals surface area contributed by atoms with Gasteiger partial charge in [-0.15, -0.1) is 0 Å². The molecule has 0 aliphatic carbocycles. The fourth-order valence-electron chi connectivity index (χ4n) is 2.27. The van der Waals surface area contributed by atoms with Crippen LogP contribution >= 0.6 is 11.6 Å². The van der Waals surface area contributed by atoms with Gasteiger partial charge < -0.3 is 21.1 Å². The van der Waals surface area contributed by atoms with Crippen molar-refractivity contribution in [1.82, 2.24) is 5.32 Å². The Morgan fingerprint density at radius 3 is 2.21 bits per heavy atom. The number of primary amides is 1. The van der Waals surface area contributed by atoms with Crippen molar-refractivity contribution in [2.24, 2.45) is 5.73 Å². The molecule has 0 aliphatic rings. The lowest BCUT2D eigenvalue weighted by molar-refractivity contribution is -0.154. The average Bonchev–Trinajstić information content (AvgIpc) is 2.68. The van der Waals surface area contributed by atoms with Crippen LogP contribution in [0.4, 0.5) is 5.69 Å². The second-order valence-electron chi connectivity index (χ2n) is 6.18. The van der Waals surface area contributed by atoms with Gasteiger partial charge in [-0.2, -0.15) is 0 Å². The highest BCUT2D eigenvalue weighted by Crippen LogP contribution is 2.15. The molecule has 0 radical (unpaired) electrons. The van der Waals surface area contributed by atoms with Gasteiger partial charge in [-0.25, -0.2) is 4.79 Å². The summed E-state index contributed by atoms with van der Waals surface area (Å²) in [5, 5.41) is 5.28. The van der Waals surface area contributed by atoms with Crippen LogP contribution in [0, 0.1) is 0 Å². The standard InChI is InChI=1S/C20H20ClN3O5/c1-11(23-19(27)15-5-3-4-6-16(15)21)20(28)29-12(2)18(26)24-14-9-7-13(8-10-14)17(22)25/h3-12H,1-2H3,(H2,22,25)(H,23,27)(H,24,26)/t11-,12+/m0/s1. The highest BCUT2D eigenvalue weighted by molar-refractivity contribution is 6.33. The number of hydrogen-bond acceptors (Lipinski definition) is 5. The van der Waals surface area contributed by atoms with Crippen LogP contribution in [0.2, 0.25) is 5.02 Å². The molecule has 0 heterocycles. The molecule has 2 aromatic rings. The molecule has 152 valence electrons. The smallest absolute Gasteiger partial charge is 0.329 e. The lowest BCUT2D eigenvalue weighted by Crippen LogP contribution is -2.42. The highest BCUT2D eigenvalue weighted by Gasteiger charge is 2.24. The van der Waals surface area contributed by atoms with Crippen LogP contribution in [0.3, 0.4) is 0 Å². The monoisotopic (exact) mass is 417 g/mol. The summed E-state index contributed by atoms with van der Waals surface area (Å²) in [5.41, 5.74) is 6.08. The van der Waals surface area contributed by atoms with Crippen LogP contribution in [0.5, 0.6) is 0 Å². The maximum atomic E-state index is 12.2.